The lowest BCUT2D eigenvalue weighted by Crippen LogP contribution is -2.22. The highest BCUT2D eigenvalue weighted by Gasteiger charge is 2.06. The van der Waals surface area contributed by atoms with Gasteiger partial charge in [0.05, 0.1) is 0 Å². The summed E-state index contributed by atoms with van der Waals surface area (Å²) in [4.78, 5) is 11.9. The number of ether oxygens (including phenoxy) is 1. The largest absolute Gasteiger partial charge is 0.435 e. The van der Waals surface area contributed by atoms with E-state index < -0.39 is 6.61 Å². The summed E-state index contributed by atoms with van der Waals surface area (Å²) in [5.41, 5.74) is 1.35. The first-order valence-electron chi connectivity index (χ1n) is 6.12. The Hall–Kier alpha value is -1.95. The number of alkyl halides is 2. The van der Waals surface area contributed by atoms with Crippen LogP contribution in [-0.2, 0) is 6.54 Å². The van der Waals surface area contributed by atoms with E-state index in [0.29, 0.717) is 12.1 Å². The zero-order valence-electron chi connectivity index (χ0n) is 10.9. The standard InChI is InChI=1S/C15H12BrF2NO2/c16-12-5-3-11(4-6-12)14(20)19-9-10-1-7-13(8-2-10)21-15(17)18/h1-8,15H,9H2,(H,19,20). The number of rotatable bonds is 5. The van der Waals surface area contributed by atoms with E-state index in [1.165, 1.54) is 12.1 Å². The number of halogens is 3. The molecular formula is C15H12BrF2NO2. The molecule has 6 heteroatoms. The van der Waals surface area contributed by atoms with Crippen molar-refractivity contribution in [1.29, 1.82) is 0 Å². The van der Waals surface area contributed by atoms with Gasteiger partial charge in [-0.3, -0.25) is 4.79 Å². The van der Waals surface area contributed by atoms with Crippen LogP contribution >= 0.6 is 15.9 Å². The summed E-state index contributed by atoms with van der Waals surface area (Å²) in [6.45, 7) is -2.53. The number of hydrogen-bond donors (Lipinski definition) is 1. The van der Waals surface area contributed by atoms with Gasteiger partial charge in [-0.1, -0.05) is 28.1 Å². The molecule has 0 atom stereocenters. The van der Waals surface area contributed by atoms with Gasteiger partial charge in [-0.25, -0.2) is 0 Å². The van der Waals surface area contributed by atoms with Crippen molar-refractivity contribution in [2.75, 3.05) is 0 Å². The fourth-order valence-electron chi connectivity index (χ4n) is 1.67. The molecule has 0 radical (unpaired) electrons. The molecule has 3 nitrogen and oxygen atoms in total. The maximum atomic E-state index is 12.0. The van der Waals surface area contributed by atoms with Crippen molar-refractivity contribution < 1.29 is 18.3 Å². The Morgan fingerprint density at radius 2 is 1.71 bits per heavy atom. The van der Waals surface area contributed by atoms with Gasteiger partial charge >= 0.3 is 6.61 Å². The van der Waals surface area contributed by atoms with Gasteiger partial charge in [-0.2, -0.15) is 8.78 Å². The van der Waals surface area contributed by atoms with Crippen molar-refractivity contribution in [2.24, 2.45) is 0 Å². The van der Waals surface area contributed by atoms with E-state index in [1.807, 2.05) is 0 Å². The summed E-state index contributed by atoms with van der Waals surface area (Å²) < 4.78 is 29.2. The van der Waals surface area contributed by atoms with E-state index in [2.05, 4.69) is 26.0 Å². The maximum Gasteiger partial charge on any atom is 0.387 e. The van der Waals surface area contributed by atoms with Crippen molar-refractivity contribution >= 4 is 21.8 Å². The quantitative estimate of drug-likeness (QED) is 0.880. The van der Waals surface area contributed by atoms with E-state index >= 15 is 0 Å². The third-order valence-electron chi connectivity index (χ3n) is 2.71. The molecule has 0 aliphatic rings. The third-order valence-corrected chi connectivity index (χ3v) is 3.24. The summed E-state index contributed by atoms with van der Waals surface area (Å²) in [6, 6.07) is 13.1. The maximum absolute atomic E-state index is 12.0. The Balaban J connectivity index is 1.90. The second-order valence-electron chi connectivity index (χ2n) is 4.21. The first-order chi connectivity index (χ1) is 10.0. The summed E-state index contributed by atoms with van der Waals surface area (Å²) in [5.74, 6) is -0.108. The van der Waals surface area contributed by atoms with Gasteiger partial charge in [0, 0.05) is 16.6 Å². The SMILES string of the molecule is O=C(NCc1ccc(OC(F)F)cc1)c1ccc(Br)cc1. The van der Waals surface area contributed by atoms with Gasteiger partial charge in [0.2, 0.25) is 0 Å². The molecule has 0 bridgehead atoms. The molecule has 0 heterocycles. The van der Waals surface area contributed by atoms with Crippen LogP contribution in [-0.4, -0.2) is 12.5 Å². The molecule has 0 unspecified atom stereocenters. The van der Waals surface area contributed by atoms with E-state index in [1.54, 1.807) is 36.4 Å². The molecule has 0 aliphatic heterocycles. The highest BCUT2D eigenvalue weighted by atomic mass is 79.9. The lowest BCUT2D eigenvalue weighted by molar-refractivity contribution is -0.0498. The fraction of sp³-hybridized carbons (Fsp3) is 0.133. The zero-order valence-corrected chi connectivity index (χ0v) is 12.4. The Kier molecular flexibility index (Phi) is 5.27. The predicted molar refractivity (Wildman–Crippen MR) is 78.4 cm³/mol. The number of hydrogen-bond acceptors (Lipinski definition) is 2. The molecule has 0 spiro atoms. The normalized spacial score (nSPS) is 10.5. The Bertz CT molecular complexity index is 600. The zero-order chi connectivity index (χ0) is 15.2. The van der Waals surface area contributed by atoms with Crippen LogP contribution in [0.2, 0.25) is 0 Å². The molecule has 2 aromatic rings. The minimum atomic E-state index is -2.84. The van der Waals surface area contributed by atoms with Crippen LogP contribution in [0.1, 0.15) is 15.9 Å². The molecule has 21 heavy (non-hydrogen) atoms. The lowest BCUT2D eigenvalue weighted by atomic mass is 10.2. The summed E-state index contributed by atoms with van der Waals surface area (Å²) in [5, 5.41) is 2.75. The van der Waals surface area contributed by atoms with Crippen LogP contribution in [0, 0.1) is 0 Å². The molecule has 0 saturated carbocycles. The average molecular weight is 356 g/mol. The first kappa shape index (κ1) is 15.4. The second-order valence-corrected chi connectivity index (χ2v) is 5.13. The average Bonchev–Trinajstić information content (AvgIpc) is 2.46. The molecule has 2 aromatic carbocycles. The topological polar surface area (TPSA) is 38.3 Å². The van der Waals surface area contributed by atoms with E-state index in [4.69, 9.17) is 0 Å². The highest BCUT2D eigenvalue weighted by molar-refractivity contribution is 9.10. The smallest absolute Gasteiger partial charge is 0.387 e. The second kappa shape index (κ2) is 7.17. The van der Waals surface area contributed by atoms with Gasteiger partial charge in [0.15, 0.2) is 0 Å². The molecular weight excluding hydrogens is 344 g/mol. The first-order valence-corrected chi connectivity index (χ1v) is 6.91. The predicted octanol–water partition coefficient (Wildman–Crippen LogP) is 3.98. The van der Waals surface area contributed by atoms with Gasteiger partial charge in [-0.15, -0.1) is 0 Å². The van der Waals surface area contributed by atoms with Gasteiger partial charge in [-0.05, 0) is 42.0 Å². The number of carbonyl (C=O) groups excluding carboxylic acids is 1. The van der Waals surface area contributed by atoms with Crippen molar-refractivity contribution in [1.82, 2.24) is 5.32 Å². The van der Waals surface area contributed by atoms with Crippen LogP contribution in [0.4, 0.5) is 8.78 Å². The van der Waals surface area contributed by atoms with Crippen LogP contribution in [0.15, 0.2) is 53.0 Å². The van der Waals surface area contributed by atoms with Crippen molar-refractivity contribution in [3.8, 4) is 5.75 Å². The van der Waals surface area contributed by atoms with Crippen molar-refractivity contribution in [3.63, 3.8) is 0 Å². The van der Waals surface area contributed by atoms with Gasteiger partial charge in [0.1, 0.15) is 5.75 Å². The molecule has 0 aliphatic carbocycles. The monoisotopic (exact) mass is 355 g/mol. The minimum absolute atomic E-state index is 0.0907. The Morgan fingerprint density at radius 3 is 2.29 bits per heavy atom. The van der Waals surface area contributed by atoms with E-state index in [9.17, 15) is 13.6 Å². The molecule has 1 N–H and O–H groups in total. The van der Waals surface area contributed by atoms with Gasteiger partial charge < -0.3 is 10.1 Å². The molecule has 110 valence electrons. The van der Waals surface area contributed by atoms with Crippen molar-refractivity contribution in [2.45, 2.75) is 13.2 Å². The Morgan fingerprint density at radius 1 is 1.10 bits per heavy atom. The van der Waals surface area contributed by atoms with E-state index in [0.717, 1.165) is 10.0 Å². The minimum Gasteiger partial charge on any atom is -0.435 e. The van der Waals surface area contributed by atoms with Crippen LogP contribution < -0.4 is 10.1 Å². The Labute approximate surface area is 129 Å². The number of amides is 1. The molecule has 2 rings (SSSR count). The summed E-state index contributed by atoms with van der Waals surface area (Å²) in [7, 11) is 0. The van der Waals surface area contributed by atoms with Gasteiger partial charge in [0.25, 0.3) is 5.91 Å². The van der Waals surface area contributed by atoms with E-state index in [-0.39, 0.29) is 11.7 Å². The summed E-state index contributed by atoms with van der Waals surface area (Å²) in [6.07, 6.45) is 0. The molecule has 1 amide bonds. The third kappa shape index (κ3) is 4.82. The molecule has 0 aromatic heterocycles. The number of nitrogens with one attached hydrogen (secondary N) is 1. The number of carbonyl (C=O) groups is 1. The van der Waals surface area contributed by atoms with Crippen LogP contribution in [0.3, 0.4) is 0 Å². The molecule has 0 fully saturated rings. The van der Waals surface area contributed by atoms with Crippen LogP contribution in [0.5, 0.6) is 5.75 Å². The van der Waals surface area contributed by atoms with Crippen LogP contribution in [0.25, 0.3) is 0 Å². The summed E-state index contributed by atoms with van der Waals surface area (Å²) >= 11 is 3.30. The lowest BCUT2D eigenvalue weighted by Gasteiger charge is -2.07. The molecule has 0 saturated heterocycles. The fourth-order valence-corrected chi connectivity index (χ4v) is 1.94. The highest BCUT2D eigenvalue weighted by Crippen LogP contribution is 2.15. The number of benzene rings is 2. The van der Waals surface area contributed by atoms with Crippen molar-refractivity contribution in [3.05, 3.63) is 64.1 Å².